The normalized spacial score (nSPS) is 12.1. The Morgan fingerprint density at radius 3 is 1.67 bits per heavy atom. The van der Waals surface area contributed by atoms with Gasteiger partial charge in [0.1, 0.15) is 0 Å². The lowest BCUT2D eigenvalue weighted by atomic mass is 9.92. The molecule has 1 heterocycles. The Morgan fingerprint density at radius 2 is 1.07 bits per heavy atom. The molecule has 0 amide bonds. The van der Waals surface area contributed by atoms with E-state index in [2.05, 4.69) is 91.0 Å². The second kappa shape index (κ2) is 6.69. The van der Waals surface area contributed by atoms with Gasteiger partial charge in [-0.1, -0.05) is 78.9 Å². The van der Waals surface area contributed by atoms with E-state index in [0.29, 0.717) is 0 Å². The molecule has 27 heavy (non-hydrogen) atoms. The van der Waals surface area contributed by atoms with Crippen molar-refractivity contribution in [1.29, 1.82) is 0 Å². The van der Waals surface area contributed by atoms with E-state index in [9.17, 15) is 0 Å². The molecule has 3 aromatic carbocycles. The van der Waals surface area contributed by atoms with E-state index < -0.39 is 0 Å². The Labute approximate surface area is 159 Å². The minimum absolute atomic E-state index is 0.901. The van der Waals surface area contributed by atoms with E-state index in [4.69, 9.17) is 4.42 Å². The van der Waals surface area contributed by atoms with Crippen LogP contribution in [-0.2, 0) is 6.42 Å². The van der Waals surface area contributed by atoms with Crippen LogP contribution >= 0.6 is 0 Å². The predicted octanol–water partition coefficient (Wildman–Crippen LogP) is 7.13. The Balaban J connectivity index is 1.86. The minimum atomic E-state index is 0.901. The monoisotopic (exact) mass is 347 g/mol. The summed E-state index contributed by atoms with van der Waals surface area (Å²) >= 11 is 0. The summed E-state index contributed by atoms with van der Waals surface area (Å²) in [6.07, 6.45) is 5.37. The molecule has 0 aliphatic heterocycles. The van der Waals surface area contributed by atoms with Crippen LogP contribution in [0.5, 0.6) is 0 Å². The van der Waals surface area contributed by atoms with Crippen molar-refractivity contribution in [3.63, 3.8) is 0 Å². The maximum Gasteiger partial charge on any atom is 0.369 e. The first kappa shape index (κ1) is 15.8. The van der Waals surface area contributed by atoms with E-state index in [0.717, 1.165) is 29.1 Å². The third-order valence-electron chi connectivity index (χ3n) is 5.04. The van der Waals surface area contributed by atoms with Crippen LogP contribution in [0.3, 0.4) is 0 Å². The predicted molar refractivity (Wildman–Crippen MR) is 112 cm³/mol. The van der Waals surface area contributed by atoms with Crippen molar-refractivity contribution in [2.24, 2.45) is 0 Å². The molecule has 0 radical (unpaired) electrons. The summed E-state index contributed by atoms with van der Waals surface area (Å²) in [6.45, 7) is 0. The summed E-state index contributed by atoms with van der Waals surface area (Å²) in [5.41, 5.74) is 7.10. The van der Waals surface area contributed by atoms with Gasteiger partial charge in [-0.05, 0) is 29.8 Å². The lowest BCUT2D eigenvalue weighted by Crippen LogP contribution is -1.96. The van der Waals surface area contributed by atoms with Gasteiger partial charge in [-0.3, -0.25) is 0 Å². The molecule has 1 aromatic heterocycles. The third kappa shape index (κ3) is 2.78. The topological polar surface area (TPSA) is 11.3 Å². The highest BCUT2D eigenvalue weighted by Crippen LogP contribution is 2.44. The number of fused-ring (bicyclic) bond motifs is 1. The Morgan fingerprint density at radius 1 is 0.556 bits per heavy atom. The van der Waals surface area contributed by atoms with Crippen molar-refractivity contribution in [2.75, 3.05) is 0 Å². The highest BCUT2D eigenvalue weighted by molar-refractivity contribution is 5.91. The van der Waals surface area contributed by atoms with Crippen molar-refractivity contribution < 1.29 is 4.42 Å². The molecule has 5 rings (SSSR count). The van der Waals surface area contributed by atoms with Gasteiger partial charge in [0, 0.05) is 12.0 Å². The SMILES string of the molecule is C1=Cc2c(c(-c3ccccc3)[o+]c(-c3ccccc3)c2-c2ccccc2)C1. The fourth-order valence-corrected chi connectivity index (χ4v) is 3.80. The van der Waals surface area contributed by atoms with Crippen LogP contribution in [0.1, 0.15) is 11.1 Å². The maximum atomic E-state index is 6.64. The van der Waals surface area contributed by atoms with Gasteiger partial charge < -0.3 is 0 Å². The molecule has 0 atom stereocenters. The van der Waals surface area contributed by atoms with Gasteiger partial charge >= 0.3 is 11.5 Å². The highest BCUT2D eigenvalue weighted by atomic mass is 16.3. The molecular formula is C26H19O+. The molecule has 4 aromatic rings. The number of allylic oxidation sites excluding steroid dienone is 1. The molecule has 0 N–H and O–H groups in total. The lowest BCUT2D eigenvalue weighted by Gasteiger charge is -2.09. The molecule has 0 spiro atoms. The molecule has 0 bridgehead atoms. The average Bonchev–Trinajstić information content (AvgIpc) is 3.24. The molecule has 1 aliphatic carbocycles. The molecule has 0 fully saturated rings. The van der Waals surface area contributed by atoms with Crippen LogP contribution in [0.2, 0.25) is 0 Å². The zero-order valence-corrected chi connectivity index (χ0v) is 14.9. The van der Waals surface area contributed by atoms with E-state index in [1.54, 1.807) is 0 Å². The summed E-state index contributed by atoms with van der Waals surface area (Å²) < 4.78 is 6.64. The van der Waals surface area contributed by atoms with Gasteiger partial charge in [0.2, 0.25) is 0 Å². The van der Waals surface area contributed by atoms with Gasteiger partial charge in [-0.25, -0.2) is 4.42 Å². The van der Waals surface area contributed by atoms with Gasteiger partial charge in [0.05, 0.1) is 22.3 Å². The second-order valence-electron chi connectivity index (χ2n) is 6.73. The van der Waals surface area contributed by atoms with Crippen LogP contribution in [0.25, 0.3) is 39.9 Å². The minimum Gasteiger partial charge on any atom is -0.206 e. The zero-order chi connectivity index (χ0) is 18.1. The fourth-order valence-electron chi connectivity index (χ4n) is 3.80. The van der Waals surface area contributed by atoms with Gasteiger partial charge in [0.25, 0.3) is 0 Å². The third-order valence-corrected chi connectivity index (χ3v) is 5.04. The fraction of sp³-hybridized carbons (Fsp3) is 0.0385. The number of rotatable bonds is 3. The van der Waals surface area contributed by atoms with Gasteiger partial charge in [-0.2, -0.15) is 0 Å². The summed E-state index contributed by atoms with van der Waals surface area (Å²) in [6, 6.07) is 31.3. The number of hydrogen-bond donors (Lipinski definition) is 0. The number of benzene rings is 3. The Kier molecular flexibility index (Phi) is 3.91. The molecule has 1 nitrogen and oxygen atoms in total. The van der Waals surface area contributed by atoms with Crippen molar-refractivity contribution in [1.82, 2.24) is 0 Å². The lowest BCUT2D eigenvalue weighted by molar-refractivity contribution is 0.578. The van der Waals surface area contributed by atoms with Crippen LogP contribution in [0, 0.1) is 0 Å². The Bertz CT molecular complexity index is 1110. The molecule has 1 aliphatic rings. The zero-order valence-electron chi connectivity index (χ0n) is 14.9. The first-order chi connectivity index (χ1) is 13.4. The van der Waals surface area contributed by atoms with E-state index >= 15 is 0 Å². The van der Waals surface area contributed by atoms with Gasteiger partial charge in [-0.15, -0.1) is 0 Å². The maximum absolute atomic E-state index is 6.64. The van der Waals surface area contributed by atoms with E-state index in [1.165, 1.54) is 22.3 Å². The Hall–Kier alpha value is -3.45. The highest BCUT2D eigenvalue weighted by Gasteiger charge is 2.32. The van der Waals surface area contributed by atoms with E-state index in [1.807, 2.05) is 12.1 Å². The largest absolute Gasteiger partial charge is 0.369 e. The summed E-state index contributed by atoms with van der Waals surface area (Å²) in [4.78, 5) is 0. The number of hydrogen-bond acceptors (Lipinski definition) is 0. The molecule has 1 heteroatoms. The molecular weight excluding hydrogens is 328 g/mol. The average molecular weight is 347 g/mol. The standard InChI is InChI=1S/C26H19O/c1-4-11-19(12-5-1)24-22-17-10-18-23(22)25(20-13-6-2-7-14-20)27-26(24)21-15-8-3-9-16-21/h1-17H,18H2/q+1. The smallest absolute Gasteiger partial charge is 0.206 e. The van der Waals surface area contributed by atoms with Crippen LogP contribution in [0.4, 0.5) is 0 Å². The van der Waals surface area contributed by atoms with Crippen LogP contribution in [0.15, 0.2) is 101 Å². The van der Waals surface area contributed by atoms with Crippen LogP contribution in [-0.4, -0.2) is 0 Å². The molecule has 0 saturated heterocycles. The first-order valence-electron chi connectivity index (χ1n) is 9.27. The molecule has 128 valence electrons. The van der Waals surface area contributed by atoms with E-state index in [-0.39, 0.29) is 0 Å². The summed E-state index contributed by atoms with van der Waals surface area (Å²) in [7, 11) is 0. The molecule has 0 saturated carbocycles. The van der Waals surface area contributed by atoms with Crippen LogP contribution < -0.4 is 0 Å². The van der Waals surface area contributed by atoms with Crippen molar-refractivity contribution in [2.45, 2.75) is 6.42 Å². The summed E-state index contributed by atoms with van der Waals surface area (Å²) in [5, 5.41) is 0. The quantitative estimate of drug-likeness (QED) is 0.359. The van der Waals surface area contributed by atoms with Crippen molar-refractivity contribution >= 4 is 6.08 Å². The molecule has 0 unspecified atom stereocenters. The second-order valence-corrected chi connectivity index (χ2v) is 6.73. The van der Waals surface area contributed by atoms with Crippen molar-refractivity contribution in [3.8, 4) is 33.8 Å². The van der Waals surface area contributed by atoms with Crippen molar-refractivity contribution in [3.05, 3.63) is 108 Å². The van der Waals surface area contributed by atoms with Gasteiger partial charge in [0.15, 0.2) is 0 Å². The summed E-state index contributed by atoms with van der Waals surface area (Å²) in [5.74, 6) is 1.89. The first-order valence-corrected chi connectivity index (χ1v) is 9.27.